The SMILES string of the molecule is NC(=O)c1cc2cc3ccccc3cc2cc1C(=O)O. The van der Waals surface area contributed by atoms with Crippen LogP contribution >= 0.6 is 0 Å². The van der Waals surface area contributed by atoms with Crippen LogP contribution in [-0.4, -0.2) is 17.0 Å². The lowest BCUT2D eigenvalue weighted by atomic mass is 9.97. The fourth-order valence-electron chi connectivity index (χ4n) is 2.37. The number of amides is 1. The molecule has 3 aromatic rings. The highest BCUT2D eigenvalue weighted by Crippen LogP contribution is 2.26. The molecule has 3 rings (SSSR count). The van der Waals surface area contributed by atoms with E-state index in [1.165, 1.54) is 12.1 Å². The molecule has 0 radical (unpaired) electrons. The monoisotopic (exact) mass is 265 g/mol. The quantitative estimate of drug-likeness (QED) is 0.699. The highest BCUT2D eigenvalue weighted by molar-refractivity contribution is 6.10. The van der Waals surface area contributed by atoms with E-state index in [1.807, 2.05) is 36.4 Å². The number of rotatable bonds is 2. The zero-order chi connectivity index (χ0) is 14.3. The predicted octanol–water partition coefficient (Wildman–Crippen LogP) is 2.79. The zero-order valence-electron chi connectivity index (χ0n) is 10.5. The average molecular weight is 265 g/mol. The molecule has 0 bridgehead atoms. The minimum Gasteiger partial charge on any atom is -0.478 e. The summed E-state index contributed by atoms with van der Waals surface area (Å²) in [7, 11) is 0. The summed E-state index contributed by atoms with van der Waals surface area (Å²) in [5.74, 6) is -1.90. The van der Waals surface area contributed by atoms with Gasteiger partial charge in [-0.25, -0.2) is 4.79 Å². The molecule has 0 aliphatic heterocycles. The Morgan fingerprint density at radius 1 is 0.800 bits per heavy atom. The van der Waals surface area contributed by atoms with E-state index in [1.54, 1.807) is 0 Å². The number of carbonyl (C=O) groups is 2. The smallest absolute Gasteiger partial charge is 0.336 e. The molecular formula is C16H11NO3. The summed E-state index contributed by atoms with van der Waals surface area (Å²) >= 11 is 0. The first kappa shape index (κ1) is 12.2. The van der Waals surface area contributed by atoms with Crippen LogP contribution in [0.25, 0.3) is 21.5 Å². The standard InChI is InChI=1S/C16H11NO3/c17-15(18)13-7-11-5-9-3-1-2-4-10(9)6-12(11)8-14(13)16(19)20/h1-8H,(H2,17,18)(H,19,20). The first-order chi connectivity index (χ1) is 9.56. The van der Waals surface area contributed by atoms with Crippen LogP contribution in [0.3, 0.4) is 0 Å². The molecule has 3 aromatic carbocycles. The molecule has 0 aliphatic rings. The van der Waals surface area contributed by atoms with E-state index in [-0.39, 0.29) is 11.1 Å². The molecule has 3 N–H and O–H groups in total. The van der Waals surface area contributed by atoms with Gasteiger partial charge in [-0.1, -0.05) is 24.3 Å². The van der Waals surface area contributed by atoms with Gasteiger partial charge in [0.05, 0.1) is 11.1 Å². The van der Waals surface area contributed by atoms with Crippen molar-refractivity contribution in [3.05, 3.63) is 59.7 Å². The van der Waals surface area contributed by atoms with Gasteiger partial charge in [0.25, 0.3) is 0 Å². The first-order valence-corrected chi connectivity index (χ1v) is 6.06. The number of hydrogen-bond donors (Lipinski definition) is 2. The Balaban J connectivity index is 2.41. The lowest BCUT2D eigenvalue weighted by Gasteiger charge is -2.07. The Labute approximate surface area is 114 Å². The van der Waals surface area contributed by atoms with Gasteiger partial charge in [0.1, 0.15) is 0 Å². The minimum atomic E-state index is -1.16. The van der Waals surface area contributed by atoms with Crippen LogP contribution in [0.15, 0.2) is 48.5 Å². The normalized spacial score (nSPS) is 10.8. The second-order valence-electron chi connectivity index (χ2n) is 4.61. The average Bonchev–Trinajstić information content (AvgIpc) is 2.43. The van der Waals surface area contributed by atoms with Crippen molar-refractivity contribution < 1.29 is 14.7 Å². The molecule has 0 atom stereocenters. The molecule has 20 heavy (non-hydrogen) atoms. The van der Waals surface area contributed by atoms with Crippen molar-refractivity contribution in [2.24, 2.45) is 5.73 Å². The molecule has 0 heterocycles. The van der Waals surface area contributed by atoms with Gasteiger partial charge < -0.3 is 10.8 Å². The Morgan fingerprint density at radius 3 is 1.75 bits per heavy atom. The maximum Gasteiger partial charge on any atom is 0.336 e. The second-order valence-corrected chi connectivity index (χ2v) is 4.61. The molecule has 0 aliphatic carbocycles. The molecule has 0 saturated heterocycles. The van der Waals surface area contributed by atoms with E-state index in [9.17, 15) is 14.7 Å². The number of benzene rings is 3. The third-order valence-electron chi connectivity index (χ3n) is 3.34. The number of carboxylic acid groups (broad SMARTS) is 1. The van der Waals surface area contributed by atoms with E-state index in [2.05, 4.69) is 0 Å². The molecule has 0 spiro atoms. The summed E-state index contributed by atoms with van der Waals surface area (Å²) in [6.45, 7) is 0. The Kier molecular flexibility index (Phi) is 2.64. The largest absolute Gasteiger partial charge is 0.478 e. The van der Waals surface area contributed by atoms with Gasteiger partial charge in [0.2, 0.25) is 5.91 Å². The zero-order valence-corrected chi connectivity index (χ0v) is 10.5. The number of hydrogen-bond acceptors (Lipinski definition) is 2. The Bertz CT molecular complexity index is 796. The van der Waals surface area contributed by atoms with Gasteiger partial charge in [-0.2, -0.15) is 0 Å². The van der Waals surface area contributed by atoms with Crippen LogP contribution in [-0.2, 0) is 0 Å². The van der Waals surface area contributed by atoms with Crippen LogP contribution in [0.5, 0.6) is 0 Å². The lowest BCUT2D eigenvalue weighted by molar-refractivity contribution is 0.0692. The predicted molar refractivity (Wildman–Crippen MR) is 76.9 cm³/mol. The topological polar surface area (TPSA) is 80.4 Å². The van der Waals surface area contributed by atoms with E-state index in [0.29, 0.717) is 0 Å². The Morgan fingerprint density at radius 2 is 1.30 bits per heavy atom. The summed E-state index contributed by atoms with van der Waals surface area (Å²) < 4.78 is 0. The van der Waals surface area contributed by atoms with Crippen LogP contribution in [0.2, 0.25) is 0 Å². The van der Waals surface area contributed by atoms with E-state index in [0.717, 1.165) is 21.5 Å². The maximum atomic E-state index is 11.4. The molecule has 0 unspecified atom stereocenters. The third kappa shape index (κ3) is 1.87. The lowest BCUT2D eigenvalue weighted by Crippen LogP contribution is -2.16. The summed E-state index contributed by atoms with van der Waals surface area (Å²) in [4.78, 5) is 22.6. The van der Waals surface area contributed by atoms with Crippen LogP contribution < -0.4 is 5.73 Å². The Hall–Kier alpha value is -2.88. The van der Waals surface area contributed by atoms with Crippen molar-refractivity contribution in [2.75, 3.05) is 0 Å². The summed E-state index contributed by atoms with van der Waals surface area (Å²) in [6.07, 6.45) is 0. The van der Waals surface area contributed by atoms with Gasteiger partial charge in [0, 0.05) is 0 Å². The van der Waals surface area contributed by atoms with Crippen molar-refractivity contribution in [1.82, 2.24) is 0 Å². The van der Waals surface area contributed by atoms with Gasteiger partial charge in [0.15, 0.2) is 0 Å². The van der Waals surface area contributed by atoms with E-state index < -0.39 is 11.9 Å². The highest BCUT2D eigenvalue weighted by atomic mass is 16.4. The second kappa shape index (κ2) is 4.35. The van der Waals surface area contributed by atoms with Gasteiger partial charge in [-0.05, 0) is 45.8 Å². The maximum absolute atomic E-state index is 11.4. The molecule has 0 aromatic heterocycles. The fraction of sp³-hybridized carbons (Fsp3) is 0. The van der Waals surface area contributed by atoms with Gasteiger partial charge >= 0.3 is 5.97 Å². The number of primary amides is 1. The number of aromatic carboxylic acids is 1. The summed E-state index contributed by atoms with van der Waals surface area (Å²) in [6, 6.07) is 14.6. The van der Waals surface area contributed by atoms with E-state index in [4.69, 9.17) is 5.73 Å². The fourth-order valence-corrected chi connectivity index (χ4v) is 2.37. The minimum absolute atomic E-state index is 0.0280. The van der Waals surface area contributed by atoms with E-state index >= 15 is 0 Å². The molecule has 4 nitrogen and oxygen atoms in total. The molecule has 1 amide bonds. The van der Waals surface area contributed by atoms with Crippen LogP contribution in [0.1, 0.15) is 20.7 Å². The number of fused-ring (bicyclic) bond motifs is 2. The molecular weight excluding hydrogens is 254 g/mol. The van der Waals surface area contributed by atoms with Crippen molar-refractivity contribution in [2.45, 2.75) is 0 Å². The van der Waals surface area contributed by atoms with Crippen molar-refractivity contribution in [1.29, 1.82) is 0 Å². The first-order valence-electron chi connectivity index (χ1n) is 6.06. The third-order valence-corrected chi connectivity index (χ3v) is 3.34. The molecule has 0 saturated carbocycles. The number of carbonyl (C=O) groups excluding carboxylic acids is 1. The van der Waals surface area contributed by atoms with Gasteiger partial charge in [-0.3, -0.25) is 4.79 Å². The molecule has 0 fully saturated rings. The van der Waals surface area contributed by atoms with Crippen LogP contribution in [0.4, 0.5) is 0 Å². The molecule has 98 valence electrons. The van der Waals surface area contributed by atoms with Crippen LogP contribution in [0, 0.1) is 0 Å². The van der Waals surface area contributed by atoms with Crippen molar-refractivity contribution in [3.63, 3.8) is 0 Å². The summed E-state index contributed by atoms with van der Waals surface area (Å²) in [5, 5.41) is 12.8. The summed E-state index contributed by atoms with van der Waals surface area (Å²) in [5.41, 5.74) is 5.21. The van der Waals surface area contributed by atoms with Crippen molar-refractivity contribution >= 4 is 33.4 Å². The van der Waals surface area contributed by atoms with Gasteiger partial charge in [-0.15, -0.1) is 0 Å². The highest BCUT2D eigenvalue weighted by Gasteiger charge is 2.15. The number of nitrogens with two attached hydrogens (primary N) is 1. The van der Waals surface area contributed by atoms with Crippen molar-refractivity contribution in [3.8, 4) is 0 Å². The number of carboxylic acids is 1. The molecule has 4 heteroatoms.